The van der Waals surface area contributed by atoms with Gasteiger partial charge in [0.1, 0.15) is 0 Å². The van der Waals surface area contributed by atoms with Crippen molar-refractivity contribution < 1.29 is 0 Å². The largest absolute Gasteiger partial charge is 0.316 e. The summed E-state index contributed by atoms with van der Waals surface area (Å²) in [6.07, 6.45) is 2.19. The van der Waals surface area contributed by atoms with Crippen LogP contribution in [0.1, 0.15) is 11.1 Å². The number of para-hydroxylation sites is 2. The van der Waals surface area contributed by atoms with Crippen LogP contribution in [-0.4, -0.2) is 9.13 Å². The molecule has 0 N–H and O–H groups in total. The zero-order valence-corrected chi connectivity index (χ0v) is 24.3. The van der Waals surface area contributed by atoms with Crippen LogP contribution in [0, 0.1) is 13.8 Å². The lowest BCUT2D eigenvalue weighted by Gasteiger charge is -2.26. The predicted molar refractivity (Wildman–Crippen MR) is 182 cm³/mol. The second-order valence-corrected chi connectivity index (χ2v) is 11.3. The van der Waals surface area contributed by atoms with E-state index in [2.05, 4.69) is 180 Å². The second kappa shape index (κ2) is 10.1. The molecule has 0 aliphatic carbocycles. The summed E-state index contributed by atoms with van der Waals surface area (Å²) in [6, 6.07) is 52.6. The van der Waals surface area contributed by atoms with E-state index in [1.807, 2.05) is 0 Å². The van der Waals surface area contributed by atoms with Gasteiger partial charge in [-0.05, 0) is 92.7 Å². The fraction of sp³-hybridized carbons (Fsp3) is 0.0500. The standard InChI is InChI=1S/C40H31N3/c1-28-12-17-32(18-13-28)42(33-19-14-29(2)15-20-33)34-21-23-35(24-22-34)43-37-11-7-6-10-36(37)39-38(43)25-16-30-26-27-41(40(30)39)31-8-4-3-5-9-31/h3-27H,1-2H3. The van der Waals surface area contributed by atoms with Gasteiger partial charge in [0, 0.05) is 50.8 Å². The van der Waals surface area contributed by atoms with Gasteiger partial charge in [-0.1, -0.05) is 77.9 Å². The maximum Gasteiger partial charge on any atom is 0.0628 e. The van der Waals surface area contributed by atoms with Crippen LogP contribution in [0.2, 0.25) is 0 Å². The van der Waals surface area contributed by atoms with E-state index in [1.165, 1.54) is 49.5 Å². The minimum Gasteiger partial charge on any atom is -0.316 e. The Hall–Kier alpha value is -5.54. The Kier molecular flexibility index (Phi) is 5.90. The van der Waals surface area contributed by atoms with Crippen LogP contribution in [0.5, 0.6) is 0 Å². The molecule has 0 aliphatic heterocycles. The quantitative estimate of drug-likeness (QED) is 0.207. The minimum absolute atomic E-state index is 1.12. The van der Waals surface area contributed by atoms with Crippen molar-refractivity contribution in [3.8, 4) is 11.4 Å². The van der Waals surface area contributed by atoms with Crippen LogP contribution in [0.4, 0.5) is 17.1 Å². The molecule has 0 bridgehead atoms. The number of nitrogens with zero attached hydrogens (tertiary/aromatic N) is 3. The average Bonchev–Trinajstić information content (AvgIpc) is 3.63. The molecule has 0 saturated heterocycles. The van der Waals surface area contributed by atoms with E-state index in [1.54, 1.807) is 0 Å². The highest BCUT2D eigenvalue weighted by atomic mass is 15.1. The van der Waals surface area contributed by atoms with Crippen molar-refractivity contribution in [1.82, 2.24) is 9.13 Å². The molecule has 3 nitrogen and oxygen atoms in total. The molecule has 0 radical (unpaired) electrons. The molecule has 2 aromatic heterocycles. The van der Waals surface area contributed by atoms with Crippen molar-refractivity contribution in [3.63, 3.8) is 0 Å². The smallest absolute Gasteiger partial charge is 0.0628 e. The first-order valence-electron chi connectivity index (χ1n) is 14.8. The monoisotopic (exact) mass is 553 g/mol. The molecule has 0 saturated carbocycles. The van der Waals surface area contributed by atoms with Gasteiger partial charge in [-0.25, -0.2) is 0 Å². The van der Waals surface area contributed by atoms with Crippen molar-refractivity contribution in [1.29, 1.82) is 0 Å². The summed E-state index contributed by atoms with van der Waals surface area (Å²) in [7, 11) is 0. The Labute approximate surface area is 251 Å². The van der Waals surface area contributed by atoms with E-state index in [4.69, 9.17) is 0 Å². The Morgan fingerprint density at radius 3 is 1.70 bits per heavy atom. The number of hydrogen-bond acceptors (Lipinski definition) is 1. The first-order valence-corrected chi connectivity index (χ1v) is 14.8. The third-order valence-electron chi connectivity index (χ3n) is 8.47. The fourth-order valence-electron chi connectivity index (χ4n) is 6.35. The normalized spacial score (nSPS) is 11.5. The van der Waals surface area contributed by atoms with Gasteiger partial charge in [-0.3, -0.25) is 0 Å². The minimum atomic E-state index is 1.12. The molecule has 0 spiro atoms. The highest BCUT2D eigenvalue weighted by Crippen LogP contribution is 2.39. The van der Waals surface area contributed by atoms with Gasteiger partial charge >= 0.3 is 0 Å². The summed E-state index contributed by atoms with van der Waals surface area (Å²) < 4.78 is 4.72. The zero-order chi connectivity index (χ0) is 28.9. The molecule has 0 atom stereocenters. The van der Waals surface area contributed by atoms with Crippen molar-refractivity contribution in [2.45, 2.75) is 13.8 Å². The Morgan fingerprint density at radius 1 is 0.465 bits per heavy atom. The molecule has 0 amide bonds. The van der Waals surface area contributed by atoms with Crippen molar-refractivity contribution in [2.75, 3.05) is 4.90 Å². The van der Waals surface area contributed by atoms with E-state index in [0.29, 0.717) is 0 Å². The van der Waals surface area contributed by atoms with Crippen molar-refractivity contribution in [3.05, 3.63) is 163 Å². The lowest BCUT2D eigenvalue weighted by molar-refractivity contribution is 1.13. The van der Waals surface area contributed by atoms with Crippen LogP contribution >= 0.6 is 0 Å². The van der Waals surface area contributed by atoms with Crippen molar-refractivity contribution >= 4 is 49.8 Å². The number of aryl methyl sites for hydroxylation is 2. The van der Waals surface area contributed by atoms with Gasteiger partial charge in [-0.2, -0.15) is 0 Å². The van der Waals surface area contributed by atoms with Gasteiger partial charge in [0.2, 0.25) is 0 Å². The van der Waals surface area contributed by atoms with Gasteiger partial charge in [0.05, 0.1) is 16.6 Å². The summed E-state index contributed by atoms with van der Waals surface area (Å²) in [5.41, 5.74) is 11.9. The van der Waals surface area contributed by atoms with Gasteiger partial charge < -0.3 is 14.0 Å². The van der Waals surface area contributed by atoms with E-state index in [9.17, 15) is 0 Å². The second-order valence-electron chi connectivity index (χ2n) is 11.3. The molecule has 206 valence electrons. The molecule has 6 aromatic carbocycles. The first-order chi connectivity index (χ1) is 21.2. The summed E-state index contributed by atoms with van der Waals surface area (Å²) in [4.78, 5) is 2.32. The molecular formula is C40H31N3. The SMILES string of the molecule is Cc1ccc(N(c2ccc(C)cc2)c2ccc(-n3c4ccccc4c4c5c(ccc43)ccn5-c3ccccc3)cc2)cc1. The van der Waals surface area contributed by atoms with Crippen LogP contribution in [0.3, 0.4) is 0 Å². The topological polar surface area (TPSA) is 13.1 Å². The van der Waals surface area contributed by atoms with Gasteiger partial charge in [0.25, 0.3) is 0 Å². The third-order valence-corrected chi connectivity index (χ3v) is 8.47. The fourth-order valence-corrected chi connectivity index (χ4v) is 6.35. The molecule has 8 rings (SSSR count). The van der Waals surface area contributed by atoms with Crippen LogP contribution in [0.25, 0.3) is 44.1 Å². The van der Waals surface area contributed by atoms with E-state index in [0.717, 1.165) is 22.7 Å². The molecule has 0 aliphatic rings. The number of benzene rings is 6. The summed E-state index contributed by atoms with van der Waals surface area (Å²) >= 11 is 0. The maximum atomic E-state index is 2.40. The van der Waals surface area contributed by atoms with Crippen LogP contribution < -0.4 is 4.90 Å². The molecule has 3 heteroatoms. The Bertz CT molecular complexity index is 2170. The Morgan fingerprint density at radius 2 is 1.05 bits per heavy atom. The van der Waals surface area contributed by atoms with Crippen molar-refractivity contribution in [2.24, 2.45) is 0 Å². The lowest BCUT2D eigenvalue weighted by atomic mass is 10.1. The molecule has 0 fully saturated rings. The van der Waals surface area contributed by atoms with E-state index in [-0.39, 0.29) is 0 Å². The molecular weight excluding hydrogens is 522 g/mol. The zero-order valence-electron chi connectivity index (χ0n) is 24.3. The number of hydrogen-bond donors (Lipinski definition) is 0. The number of aromatic nitrogens is 2. The molecule has 2 heterocycles. The number of anilines is 3. The lowest BCUT2D eigenvalue weighted by Crippen LogP contribution is -2.10. The van der Waals surface area contributed by atoms with Gasteiger partial charge in [0.15, 0.2) is 0 Å². The first kappa shape index (κ1) is 25.2. The Balaban J connectivity index is 1.31. The maximum absolute atomic E-state index is 2.40. The summed E-state index contributed by atoms with van der Waals surface area (Å²) in [5.74, 6) is 0. The highest BCUT2D eigenvalue weighted by Gasteiger charge is 2.18. The van der Waals surface area contributed by atoms with Crippen LogP contribution in [0.15, 0.2) is 152 Å². The molecule has 8 aromatic rings. The summed E-state index contributed by atoms with van der Waals surface area (Å²) in [5, 5.41) is 3.76. The molecule has 43 heavy (non-hydrogen) atoms. The van der Waals surface area contributed by atoms with Crippen LogP contribution in [-0.2, 0) is 0 Å². The number of fused-ring (bicyclic) bond motifs is 5. The molecule has 0 unspecified atom stereocenters. The van der Waals surface area contributed by atoms with E-state index >= 15 is 0 Å². The number of rotatable bonds is 5. The summed E-state index contributed by atoms with van der Waals surface area (Å²) in [6.45, 7) is 4.26. The highest BCUT2D eigenvalue weighted by molar-refractivity contribution is 6.20. The average molecular weight is 554 g/mol. The third kappa shape index (κ3) is 4.21. The van der Waals surface area contributed by atoms with E-state index < -0.39 is 0 Å². The predicted octanol–water partition coefficient (Wildman–Crippen LogP) is 10.8. The van der Waals surface area contributed by atoms with Gasteiger partial charge in [-0.15, -0.1) is 0 Å².